The second-order valence-corrected chi connectivity index (χ2v) is 4.82. The molecule has 1 aliphatic heterocycles. The van der Waals surface area contributed by atoms with Crippen molar-refractivity contribution in [3.05, 3.63) is 24.0 Å². The molecule has 0 radical (unpaired) electrons. The van der Waals surface area contributed by atoms with Crippen LogP contribution in [0.15, 0.2) is 18.3 Å². The van der Waals surface area contributed by atoms with Crippen molar-refractivity contribution in [1.82, 2.24) is 20.1 Å². The summed E-state index contributed by atoms with van der Waals surface area (Å²) in [5, 5.41) is 12.8. The van der Waals surface area contributed by atoms with E-state index in [4.69, 9.17) is 0 Å². The van der Waals surface area contributed by atoms with Gasteiger partial charge in [0.2, 0.25) is 5.91 Å². The number of aromatic nitrogens is 1. The number of likely N-dealkylation sites (N-methyl/N-ethyl adjacent to an activating group) is 1. The minimum atomic E-state index is -0.576. The number of rotatable bonds is 2. The maximum atomic E-state index is 12.5. The van der Waals surface area contributed by atoms with E-state index >= 15 is 0 Å². The lowest BCUT2D eigenvalue weighted by atomic mass is 10.1. The van der Waals surface area contributed by atoms with E-state index in [1.54, 1.807) is 20.2 Å². The van der Waals surface area contributed by atoms with Crippen molar-refractivity contribution in [3.8, 4) is 5.75 Å². The van der Waals surface area contributed by atoms with E-state index in [0.717, 1.165) is 0 Å². The van der Waals surface area contributed by atoms with Crippen molar-refractivity contribution in [1.29, 1.82) is 0 Å². The number of pyridine rings is 1. The van der Waals surface area contributed by atoms with Crippen molar-refractivity contribution in [2.45, 2.75) is 6.04 Å². The maximum absolute atomic E-state index is 12.5. The predicted molar refractivity (Wildman–Crippen MR) is 72.3 cm³/mol. The molecule has 108 valence electrons. The van der Waals surface area contributed by atoms with Crippen molar-refractivity contribution >= 4 is 11.8 Å². The number of nitrogens with zero attached hydrogens (tertiary/aromatic N) is 3. The zero-order chi connectivity index (χ0) is 14.7. The Morgan fingerprint density at radius 1 is 1.50 bits per heavy atom. The molecular weight excluding hydrogens is 260 g/mol. The first-order valence-corrected chi connectivity index (χ1v) is 6.39. The van der Waals surface area contributed by atoms with Gasteiger partial charge in [0.15, 0.2) is 5.69 Å². The topological polar surface area (TPSA) is 85.8 Å². The summed E-state index contributed by atoms with van der Waals surface area (Å²) in [5.41, 5.74) is -0.0223. The molecule has 0 bridgehead atoms. The summed E-state index contributed by atoms with van der Waals surface area (Å²) in [7, 11) is 3.30. The van der Waals surface area contributed by atoms with Crippen LogP contribution in [0, 0.1) is 0 Å². The van der Waals surface area contributed by atoms with Gasteiger partial charge in [-0.2, -0.15) is 0 Å². The average molecular weight is 278 g/mol. The van der Waals surface area contributed by atoms with Crippen LogP contribution < -0.4 is 5.32 Å². The van der Waals surface area contributed by atoms with Gasteiger partial charge in [-0.3, -0.25) is 9.59 Å². The standard InChI is InChI=1S/C13H18N4O3/c1-16(2)12(19)9-8-14-6-7-17(9)13(20)11-10(18)4-3-5-15-11/h3-5,9,14,18H,6-8H2,1-2H3. The molecule has 2 amide bonds. The molecule has 1 saturated heterocycles. The Labute approximate surface area is 117 Å². The van der Waals surface area contributed by atoms with Gasteiger partial charge in [-0.05, 0) is 12.1 Å². The number of piperazine rings is 1. The third-order valence-corrected chi connectivity index (χ3v) is 3.22. The normalized spacial score (nSPS) is 18.7. The molecular formula is C13H18N4O3. The molecule has 2 N–H and O–H groups in total. The van der Waals surface area contributed by atoms with E-state index in [1.165, 1.54) is 22.1 Å². The predicted octanol–water partition coefficient (Wildman–Crippen LogP) is -0.711. The van der Waals surface area contributed by atoms with Gasteiger partial charge >= 0.3 is 0 Å². The van der Waals surface area contributed by atoms with Gasteiger partial charge in [0.05, 0.1) is 0 Å². The Morgan fingerprint density at radius 3 is 2.90 bits per heavy atom. The van der Waals surface area contributed by atoms with Crippen LogP contribution in [0.5, 0.6) is 5.75 Å². The van der Waals surface area contributed by atoms with Crippen LogP contribution in [-0.2, 0) is 4.79 Å². The fourth-order valence-electron chi connectivity index (χ4n) is 2.16. The monoisotopic (exact) mass is 278 g/mol. The van der Waals surface area contributed by atoms with E-state index in [2.05, 4.69) is 10.3 Å². The van der Waals surface area contributed by atoms with Gasteiger partial charge in [-0.15, -0.1) is 0 Å². The van der Waals surface area contributed by atoms with E-state index in [-0.39, 0.29) is 17.4 Å². The summed E-state index contributed by atoms with van der Waals surface area (Å²) in [6, 6.07) is 2.38. The van der Waals surface area contributed by atoms with E-state index in [1.807, 2.05) is 0 Å². The highest BCUT2D eigenvalue weighted by molar-refractivity contribution is 5.98. The van der Waals surface area contributed by atoms with Gasteiger partial charge < -0.3 is 20.2 Å². The molecule has 1 aromatic rings. The Balaban J connectivity index is 2.26. The lowest BCUT2D eigenvalue weighted by Crippen LogP contribution is -2.59. The smallest absolute Gasteiger partial charge is 0.277 e. The van der Waals surface area contributed by atoms with Crippen LogP contribution in [0.1, 0.15) is 10.5 Å². The highest BCUT2D eigenvalue weighted by atomic mass is 16.3. The van der Waals surface area contributed by atoms with Crippen LogP contribution >= 0.6 is 0 Å². The van der Waals surface area contributed by atoms with Crippen LogP contribution in [0.3, 0.4) is 0 Å². The number of carbonyl (C=O) groups is 2. The molecule has 7 heteroatoms. The maximum Gasteiger partial charge on any atom is 0.277 e. The van der Waals surface area contributed by atoms with Crippen LogP contribution in [0.4, 0.5) is 0 Å². The zero-order valence-electron chi connectivity index (χ0n) is 11.5. The molecule has 0 aromatic carbocycles. The molecule has 0 saturated carbocycles. The largest absolute Gasteiger partial charge is 0.505 e. The van der Waals surface area contributed by atoms with Crippen LogP contribution in [0.25, 0.3) is 0 Å². The molecule has 0 spiro atoms. The fourth-order valence-corrected chi connectivity index (χ4v) is 2.16. The second kappa shape index (κ2) is 5.87. The molecule has 1 aliphatic rings. The van der Waals surface area contributed by atoms with Gasteiger partial charge in [0.25, 0.3) is 5.91 Å². The lowest BCUT2D eigenvalue weighted by molar-refractivity contribution is -0.134. The van der Waals surface area contributed by atoms with Crippen LogP contribution in [-0.4, -0.2) is 71.5 Å². The third-order valence-electron chi connectivity index (χ3n) is 3.22. The summed E-state index contributed by atoms with van der Waals surface area (Å²) >= 11 is 0. The summed E-state index contributed by atoms with van der Waals surface area (Å²) in [6.45, 7) is 1.41. The molecule has 20 heavy (non-hydrogen) atoms. The first kappa shape index (κ1) is 14.3. The third kappa shape index (κ3) is 2.72. The molecule has 0 aliphatic carbocycles. The van der Waals surface area contributed by atoms with Crippen molar-refractivity contribution in [2.24, 2.45) is 0 Å². The minimum Gasteiger partial charge on any atom is -0.505 e. The van der Waals surface area contributed by atoms with Crippen molar-refractivity contribution < 1.29 is 14.7 Å². The Kier molecular flexibility index (Phi) is 4.19. The first-order chi connectivity index (χ1) is 9.52. The Bertz CT molecular complexity index is 518. The van der Waals surface area contributed by atoms with Crippen molar-refractivity contribution in [2.75, 3.05) is 33.7 Å². The molecule has 2 rings (SSSR count). The van der Waals surface area contributed by atoms with Gasteiger partial charge in [0, 0.05) is 39.9 Å². The van der Waals surface area contributed by atoms with E-state index in [0.29, 0.717) is 19.6 Å². The van der Waals surface area contributed by atoms with Crippen LogP contribution in [0.2, 0.25) is 0 Å². The molecule has 1 atom stereocenters. The highest BCUT2D eigenvalue weighted by Gasteiger charge is 2.34. The number of hydrogen-bond acceptors (Lipinski definition) is 5. The summed E-state index contributed by atoms with van der Waals surface area (Å²) in [5.74, 6) is -0.752. The quantitative estimate of drug-likeness (QED) is 0.746. The lowest BCUT2D eigenvalue weighted by Gasteiger charge is -2.36. The second-order valence-electron chi connectivity index (χ2n) is 4.82. The Morgan fingerprint density at radius 2 is 2.25 bits per heavy atom. The SMILES string of the molecule is CN(C)C(=O)C1CNCCN1C(=O)c1ncccc1O. The summed E-state index contributed by atoms with van der Waals surface area (Å²) in [6.07, 6.45) is 1.44. The van der Waals surface area contributed by atoms with Gasteiger partial charge in [0.1, 0.15) is 11.8 Å². The minimum absolute atomic E-state index is 0.0223. The number of carbonyl (C=O) groups excluding carboxylic acids is 2. The van der Waals surface area contributed by atoms with Gasteiger partial charge in [-0.1, -0.05) is 0 Å². The molecule has 1 fully saturated rings. The average Bonchev–Trinajstić information content (AvgIpc) is 2.46. The Hall–Kier alpha value is -2.15. The zero-order valence-corrected chi connectivity index (χ0v) is 11.5. The summed E-state index contributed by atoms with van der Waals surface area (Å²) in [4.78, 5) is 31.4. The van der Waals surface area contributed by atoms with E-state index < -0.39 is 11.9 Å². The number of aromatic hydroxyl groups is 1. The van der Waals surface area contributed by atoms with Gasteiger partial charge in [-0.25, -0.2) is 4.98 Å². The van der Waals surface area contributed by atoms with Crippen molar-refractivity contribution in [3.63, 3.8) is 0 Å². The number of nitrogens with one attached hydrogen (secondary N) is 1. The fraction of sp³-hybridized carbons (Fsp3) is 0.462. The number of amides is 2. The first-order valence-electron chi connectivity index (χ1n) is 6.39. The molecule has 1 aromatic heterocycles. The highest BCUT2D eigenvalue weighted by Crippen LogP contribution is 2.18. The molecule has 7 nitrogen and oxygen atoms in total. The molecule has 2 heterocycles. The molecule has 1 unspecified atom stereocenters. The number of hydrogen-bond donors (Lipinski definition) is 2. The summed E-state index contributed by atoms with van der Waals surface area (Å²) < 4.78 is 0. The van der Waals surface area contributed by atoms with E-state index in [9.17, 15) is 14.7 Å².